The van der Waals surface area contributed by atoms with Gasteiger partial charge < -0.3 is 5.32 Å². The van der Waals surface area contributed by atoms with Crippen molar-refractivity contribution in [3.8, 4) is 0 Å². The second-order valence-corrected chi connectivity index (χ2v) is 7.78. The minimum absolute atomic E-state index is 0.135. The number of hydrogen-bond acceptors (Lipinski definition) is 4. The Morgan fingerprint density at radius 2 is 2.13 bits per heavy atom. The monoisotopic (exact) mass is 336 g/mol. The zero-order valence-corrected chi connectivity index (χ0v) is 14.8. The van der Waals surface area contributed by atoms with Crippen LogP contribution in [0.4, 0.5) is 9.93 Å². The van der Waals surface area contributed by atoms with E-state index in [2.05, 4.69) is 20.5 Å². The van der Waals surface area contributed by atoms with Crippen LogP contribution in [0.5, 0.6) is 0 Å². The third-order valence-corrected chi connectivity index (χ3v) is 5.93. The van der Waals surface area contributed by atoms with E-state index in [0.717, 1.165) is 18.2 Å². The summed E-state index contributed by atoms with van der Waals surface area (Å²) in [4.78, 5) is 18.9. The molecule has 6 heteroatoms. The molecule has 2 N–H and O–H groups in total. The Morgan fingerprint density at radius 1 is 1.30 bits per heavy atom. The number of aromatic nitrogens is 1. The van der Waals surface area contributed by atoms with E-state index in [9.17, 15) is 4.79 Å². The lowest BCUT2D eigenvalue weighted by atomic mass is 9.89. The van der Waals surface area contributed by atoms with Gasteiger partial charge in [-0.2, -0.15) is 0 Å². The second kappa shape index (κ2) is 8.11. The number of anilines is 1. The number of nitrogens with zero attached hydrogens (tertiary/aromatic N) is 2. The van der Waals surface area contributed by atoms with Gasteiger partial charge in [0.2, 0.25) is 0 Å². The van der Waals surface area contributed by atoms with Crippen LogP contribution in [0.1, 0.15) is 50.6 Å². The van der Waals surface area contributed by atoms with Crippen LogP contribution in [0.3, 0.4) is 0 Å². The first-order valence-corrected chi connectivity index (χ1v) is 9.79. The zero-order chi connectivity index (χ0) is 16.1. The fraction of sp³-hybridized carbons (Fsp3) is 0.765. The number of hydrogen-bond donors (Lipinski definition) is 2. The standard InChI is InChI=1S/C17H28N4OS/c1-13-12-23-17(19-13)20-16(22)18-10-15-8-5-9-21(15)11-14-6-3-2-4-7-14/h12,14-15H,2-11H2,1H3,(H2,18,19,20,22)/t15-/m0/s1. The van der Waals surface area contributed by atoms with Gasteiger partial charge in [-0.25, -0.2) is 9.78 Å². The Labute approximate surface area is 142 Å². The normalized spacial score (nSPS) is 23.1. The van der Waals surface area contributed by atoms with E-state index >= 15 is 0 Å². The van der Waals surface area contributed by atoms with E-state index in [4.69, 9.17) is 0 Å². The molecule has 2 heterocycles. The molecular formula is C17H28N4OS. The van der Waals surface area contributed by atoms with Crippen LogP contribution in [0.15, 0.2) is 5.38 Å². The molecule has 128 valence electrons. The highest BCUT2D eigenvalue weighted by Crippen LogP contribution is 2.27. The molecule has 1 saturated heterocycles. The van der Waals surface area contributed by atoms with E-state index in [0.29, 0.717) is 11.2 Å². The second-order valence-electron chi connectivity index (χ2n) is 6.92. The minimum Gasteiger partial charge on any atom is -0.336 e. The van der Waals surface area contributed by atoms with Crippen molar-refractivity contribution >= 4 is 22.5 Å². The Balaban J connectivity index is 1.42. The number of likely N-dealkylation sites (tertiary alicyclic amines) is 1. The third-order valence-electron chi connectivity index (χ3n) is 5.05. The number of carbonyl (C=O) groups excluding carboxylic acids is 1. The fourth-order valence-electron chi connectivity index (χ4n) is 3.83. The third kappa shape index (κ3) is 4.91. The van der Waals surface area contributed by atoms with Gasteiger partial charge in [0, 0.05) is 24.5 Å². The zero-order valence-electron chi connectivity index (χ0n) is 14.0. The number of carbonyl (C=O) groups is 1. The molecule has 3 rings (SSSR count). The first-order valence-electron chi connectivity index (χ1n) is 8.92. The molecule has 2 amide bonds. The largest absolute Gasteiger partial charge is 0.336 e. The lowest BCUT2D eigenvalue weighted by Crippen LogP contribution is -2.43. The Kier molecular flexibility index (Phi) is 5.89. The summed E-state index contributed by atoms with van der Waals surface area (Å²) in [6.45, 7) is 5.08. The van der Waals surface area contributed by atoms with Crippen LogP contribution >= 0.6 is 11.3 Å². The summed E-state index contributed by atoms with van der Waals surface area (Å²) >= 11 is 1.47. The molecular weight excluding hydrogens is 308 g/mol. The molecule has 1 aromatic rings. The van der Waals surface area contributed by atoms with Crippen molar-refractivity contribution in [2.24, 2.45) is 5.92 Å². The maximum Gasteiger partial charge on any atom is 0.321 e. The number of nitrogens with one attached hydrogen (secondary N) is 2. The molecule has 0 radical (unpaired) electrons. The highest BCUT2D eigenvalue weighted by molar-refractivity contribution is 7.13. The predicted octanol–water partition coefficient (Wildman–Crippen LogP) is 3.62. The van der Waals surface area contributed by atoms with E-state index in [1.165, 1.54) is 69.4 Å². The van der Waals surface area contributed by atoms with Crippen molar-refractivity contribution in [2.75, 3.05) is 25.0 Å². The topological polar surface area (TPSA) is 57.3 Å². The van der Waals surface area contributed by atoms with Gasteiger partial charge in [-0.15, -0.1) is 11.3 Å². The first-order chi connectivity index (χ1) is 11.2. The number of urea groups is 1. The van der Waals surface area contributed by atoms with Crippen LogP contribution in [-0.2, 0) is 0 Å². The van der Waals surface area contributed by atoms with Gasteiger partial charge in [0.15, 0.2) is 5.13 Å². The average Bonchev–Trinajstić information content (AvgIpc) is 3.15. The van der Waals surface area contributed by atoms with Gasteiger partial charge in [-0.3, -0.25) is 10.2 Å². The molecule has 2 fully saturated rings. The van der Waals surface area contributed by atoms with E-state index in [1.807, 2.05) is 12.3 Å². The number of thiazole rings is 1. The maximum atomic E-state index is 12.0. The van der Waals surface area contributed by atoms with Gasteiger partial charge in [0.1, 0.15) is 0 Å². The predicted molar refractivity (Wildman–Crippen MR) is 95.0 cm³/mol. The van der Waals surface area contributed by atoms with Gasteiger partial charge in [-0.05, 0) is 45.1 Å². The molecule has 1 aliphatic heterocycles. The van der Waals surface area contributed by atoms with Gasteiger partial charge >= 0.3 is 6.03 Å². The summed E-state index contributed by atoms with van der Waals surface area (Å²) in [6, 6.07) is 0.365. The van der Waals surface area contributed by atoms with Crippen molar-refractivity contribution in [3.63, 3.8) is 0 Å². The summed E-state index contributed by atoms with van der Waals surface area (Å²) in [5.41, 5.74) is 0.944. The van der Waals surface area contributed by atoms with Crippen LogP contribution in [0.25, 0.3) is 0 Å². The highest BCUT2D eigenvalue weighted by Gasteiger charge is 2.27. The van der Waals surface area contributed by atoms with Gasteiger partial charge in [-0.1, -0.05) is 19.3 Å². The van der Waals surface area contributed by atoms with Crippen molar-refractivity contribution in [1.29, 1.82) is 0 Å². The lowest BCUT2D eigenvalue weighted by molar-refractivity contribution is 0.185. The Hall–Kier alpha value is -1.14. The van der Waals surface area contributed by atoms with E-state index < -0.39 is 0 Å². The Bertz CT molecular complexity index is 512. The van der Waals surface area contributed by atoms with Crippen molar-refractivity contribution in [2.45, 2.75) is 57.9 Å². The molecule has 23 heavy (non-hydrogen) atoms. The number of amides is 2. The summed E-state index contributed by atoms with van der Waals surface area (Å²) in [5, 5.41) is 8.46. The molecule has 1 aliphatic carbocycles. The summed E-state index contributed by atoms with van der Waals surface area (Å²) in [6.07, 6.45) is 9.45. The lowest BCUT2D eigenvalue weighted by Gasteiger charge is -2.31. The van der Waals surface area contributed by atoms with Crippen LogP contribution in [0, 0.1) is 12.8 Å². The number of rotatable bonds is 5. The summed E-state index contributed by atoms with van der Waals surface area (Å²) < 4.78 is 0. The quantitative estimate of drug-likeness (QED) is 0.863. The van der Waals surface area contributed by atoms with Crippen LogP contribution < -0.4 is 10.6 Å². The summed E-state index contributed by atoms with van der Waals surface area (Å²) in [7, 11) is 0. The maximum absolute atomic E-state index is 12.0. The van der Waals surface area contributed by atoms with Gasteiger partial charge in [0.25, 0.3) is 0 Å². The van der Waals surface area contributed by atoms with Crippen LogP contribution in [-0.4, -0.2) is 41.6 Å². The molecule has 0 aromatic carbocycles. The molecule has 2 aliphatic rings. The van der Waals surface area contributed by atoms with E-state index in [1.54, 1.807) is 0 Å². The van der Waals surface area contributed by atoms with Crippen molar-refractivity contribution in [1.82, 2.24) is 15.2 Å². The smallest absolute Gasteiger partial charge is 0.321 e. The van der Waals surface area contributed by atoms with Crippen molar-refractivity contribution in [3.05, 3.63) is 11.1 Å². The first kappa shape index (κ1) is 16.7. The number of aryl methyl sites for hydroxylation is 1. The van der Waals surface area contributed by atoms with E-state index in [-0.39, 0.29) is 6.03 Å². The highest BCUT2D eigenvalue weighted by atomic mass is 32.1. The van der Waals surface area contributed by atoms with Crippen molar-refractivity contribution < 1.29 is 4.79 Å². The molecule has 1 aromatic heterocycles. The molecule has 0 spiro atoms. The molecule has 5 nitrogen and oxygen atoms in total. The molecule has 1 saturated carbocycles. The molecule has 0 bridgehead atoms. The Morgan fingerprint density at radius 3 is 2.87 bits per heavy atom. The fourth-order valence-corrected chi connectivity index (χ4v) is 4.51. The molecule has 1 atom stereocenters. The van der Waals surface area contributed by atoms with Gasteiger partial charge in [0.05, 0.1) is 5.69 Å². The van der Waals surface area contributed by atoms with Crippen LogP contribution in [0.2, 0.25) is 0 Å². The molecule has 0 unspecified atom stereocenters. The average molecular weight is 337 g/mol. The summed E-state index contributed by atoms with van der Waals surface area (Å²) in [5.74, 6) is 0.872. The minimum atomic E-state index is -0.135. The SMILES string of the molecule is Cc1csc(NC(=O)NC[C@@H]2CCCN2CC2CCCCC2)n1.